The lowest BCUT2D eigenvalue weighted by Crippen LogP contribution is -2.45. The maximum Gasteiger partial charge on any atom is 0.173 e. The predicted octanol–water partition coefficient (Wildman–Crippen LogP) is 1.54. The van der Waals surface area contributed by atoms with Gasteiger partial charge in [-0.3, -0.25) is 4.98 Å². The van der Waals surface area contributed by atoms with Gasteiger partial charge in [0, 0.05) is 18.6 Å². The lowest BCUT2D eigenvalue weighted by molar-refractivity contribution is 0.216. The van der Waals surface area contributed by atoms with Gasteiger partial charge in [-0.15, -0.1) is 0 Å². The van der Waals surface area contributed by atoms with Crippen LogP contribution < -0.4 is 10.6 Å². The number of nitrogens with two attached hydrogens (primary N) is 1. The van der Waals surface area contributed by atoms with Crippen molar-refractivity contribution >= 4 is 22.4 Å². The number of nitrogens with zero attached hydrogens (tertiary/aromatic N) is 3. The van der Waals surface area contributed by atoms with Gasteiger partial charge in [-0.25, -0.2) is 0 Å². The van der Waals surface area contributed by atoms with Crippen molar-refractivity contribution in [3.63, 3.8) is 0 Å². The average molecular weight is 288 g/mol. The molecular formula is C15H20N4O2. The zero-order chi connectivity index (χ0) is 15.6. The van der Waals surface area contributed by atoms with Crippen LogP contribution in [-0.4, -0.2) is 40.3 Å². The van der Waals surface area contributed by atoms with Crippen LogP contribution in [0.15, 0.2) is 35.6 Å². The molecule has 0 aliphatic heterocycles. The number of rotatable bonds is 4. The molecule has 0 aliphatic rings. The standard InChI is InChI=1S/C15H20N4O2/c1-15(2,9-20)19(3)13-10-6-4-5-7-12(10)17-8-11(13)14(16)18-21/h4-8,20-21H,9H2,1-3H3,(H2,16,18). The molecule has 112 valence electrons. The minimum atomic E-state index is -0.505. The van der Waals surface area contributed by atoms with E-state index in [0.717, 1.165) is 16.6 Å². The van der Waals surface area contributed by atoms with Gasteiger partial charge in [-0.2, -0.15) is 0 Å². The molecule has 6 nitrogen and oxygen atoms in total. The van der Waals surface area contributed by atoms with E-state index in [9.17, 15) is 5.11 Å². The summed E-state index contributed by atoms with van der Waals surface area (Å²) >= 11 is 0. The minimum Gasteiger partial charge on any atom is -0.409 e. The zero-order valence-electron chi connectivity index (χ0n) is 12.4. The Bertz CT molecular complexity index is 682. The predicted molar refractivity (Wildman–Crippen MR) is 83.8 cm³/mol. The van der Waals surface area contributed by atoms with Gasteiger partial charge < -0.3 is 20.9 Å². The maximum absolute atomic E-state index is 9.62. The molecule has 1 aromatic carbocycles. The molecule has 21 heavy (non-hydrogen) atoms. The highest BCUT2D eigenvalue weighted by Gasteiger charge is 2.27. The lowest BCUT2D eigenvalue weighted by atomic mass is 10.00. The van der Waals surface area contributed by atoms with Crippen LogP contribution in [0, 0.1) is 0 Å². The molecule has 6 heteroatoms. The molecule has 0 atom stereocenters. The number of pyridine rings is 1. The fourth-order valence-corrected chi connectivity index (χ4v) is 2.14. The Kier molecular flexibility index (Phi) is 3.99. The van der Waals surface area contributed by atoms with Crippen LogP contribution in [-0.2, 0) is 0 Å². The van der Waals surface area contributed by atoms with Crippen LogP contribution in [0.1, 0.15) is 19.4 Å². The quantitative estimate of drug-likeness (QED) is 0.343. The Morgan fingerprint density at radius 2 is 2.05 bits per heavy atom. The highest BCUT2D eigenvalue weighted by molar-refractivity contribution is 6.08. The number of fused-ring (bicyclic) bond motifs is 1. The number of hydrogen-bond donors (Lipinski definition) is 3. The van der Waals surface area contributed by atoms with E-state index in [-0.39, 0.29) is 12.4 Å². The summed E-state index contributed by atoms with van der Waals surface area (Å²) in [5.41, 5.74) is 7.38. The van der Waals surface area contributed by atoms with Crippen molar-refractivity contribution in [1.82, 2.24) is 4.98 Å². The highest BCUT2D eigenvalue weighted by atomic mass is 16.4. The molecule has 2 rings (SSSR count). The van der Waals surface area contributed by atoms with Gasteiger partial charge in [0.25, 0.3) is 0 Å². The van der Waals surface area contributed by atoms with Crippen LogP contribution in [0.4, 0.5) is 5.69 Å². The average Bonchev–Trinajstić information content (AvgIpc) is 2.52. The van der Waals surface area contributed by atoms with Crippen molar-refractivity contribution in [2.45, 2.75) is 19.4 Å². The molecule has 1 aromatic heterocycles. The third kappa shape index (κ3) is 2.62. The molecule has 1 heterocycles. The largest absolute Gasteiger partial charge is 0.409 e. The molecule has 0 saturated carbocycles. The van der Waals surface area contributed by atoms with Gasteiger partial charge in [0.2, 0.25) is 0 Å². The zero-order valence-corrected chi connectivity index (χ0v) is 12.4. The van der Waals surface area contributed by atoms with Gasteiger partial charge in [-0.05, 0) is 19.9 Å². The first kappa shape index (κ1) is 15.1. The topological polar surface area (TPSA) is 95.0 Å². The third-order valence-corrected chi connectivity index (χ3v) is 3.76. The first-order valence-electron chi connectivity index (χ1n) is 6.62. The molecule has 0 aliphatic carbocycles. The summed E-state index contributed by atoms with van der Waals surface area (Å²) < 4.78 is 0. The molecule has 2 aromatic rings. The van der Waals surface area contributed by atoms with Gasteiger partial charge in [0.15, 0.2) is 5.84 Å². The van der Waals surface area contributed by atoms with Crippen molar-refractivity contribution in [1.29, 1.82) is 0 Å². The summed E-state index contributed by atoms with van der Waals surface area (Å²) in [5.74, 6) is -0.0103. The van der Waals surface area contributed by atoms with Gasteiger partial charge in [0.05, 0.1) is 28.9 Å². The number of likely N-dealkylation sites (N-methyl/N-ethyl adjacent to an activating group) is 1. The number of hydrogen-bond acceptors (Lipinski definition) is 5. The number of anilines is 1. The first-order chi connectivity index (χ1) is 9.92. The van der Waals surface area contributed by atoms with Crippen molar-refractivity contribution in [2.24, 2.45) is 10.9 Å². The van der Waals surface area contributed by atoms with Crippen LogP contribution >= 0.6 is 0 Å². The smallest absolute Gasteiger partial charge is 0.173 e. The third-order valence-electron chi connectivity index (χ3n) is 3.76. The van der Waals surface area contributed by atoms with E-state index < -0.39 is 5.54 Å². The summed E-state index contributed by atoms with van der Waals surface area (Å²) in [6.07, 6.45) is 1.58. The molecule has 4 N–H and O–H groups in total. The van der Waals surface area contributed by atoms with E-state index in [0.29, 0.717) is 5.56 Å². The monoisotopic (exact) mass is 288 g/mol. The Balaban J connectivity index is 2.78. The first-order valence-corrected chi connectivity index (χ1v) is 6.62. The van der Waals surface area contributed by atoms with E-state index in [1.165, 1.54) is 0 Å². The minimum absolute atomic E-state index is 0.0103. The Morgan fingerprint density at radius 1 is 1.38 bits per heavy atom. The molecule has 0 radical (unpaired) electrons. The second kappa shape index (κ2) is 5.57. The Hall–Kier alpha value is -2.34. The van der Waals surface area contributed by atoms with Crippen molar-refractivity contribution in [3.05, 3.63) is 36.0 Å². The summed E-state index contributed by atoms with van der Waals surface area (Å²) in [5, 5.41) is 22.6. The van der Waals surface area contributed by atoms with E-state index in [4.69, 9.17) is 10.9 Å². The van der Waals surface area contributed by atoms with E-state index in [1.807, 2.05) is 50.1 Å². The van der Waals surface area contributed by atoms with Crippen molar-refractivity contribution in [2.75, 3.05) is 18.6 Å². The SMILES string of the molecule is CN(c1c(/C(N)=N/O)cnc2ccccc12)C(C)(C)CO. The summed E-state index contributed by atoms with van der Waals surface area (Å²) in [6.45, 7) is 3.80. The molecule has 0 bridgehead atoms. The Morgan fingerprint density at radius 3 is 2.67 bits per heavy atom. The fraction of sp³-hybridized carbons (Fsp3) is 0.333. The van der Waals surface area contributed by atoms with E-state index in [1.54, 1.807) is 6.20 Å². The molecule has 0 spiro atoms. The number of para-hydroxylation sites is 1. The van der Waals surface area contributed by atoms with Crippen LogP contribution in [0.25, 0.3) is 10.9 Å². The molecule has 0 unspecified atom stereocenters. The van der Waals surface area contributed by atoms with Gasteiger partial charge >= 0.3 is 0 Å². The van der Waals surface area contributed by atoms with Crippen molar-refractivity contribution < 1.29 is 10.3 Å². The van der Waals surface area contributed by atoms with Crippen LogP contribution in [0.5, 0.6) is 0 Å². The maximum atomic E-state index is 9.62. The summed E-state index contributed by atoms with van der Waals surface area (Å²) in [6, 6.07) is 7.63. The highest BCUT2D eigenvalue weighted by Crippen LogP contribution is 2.32. The number of benzene rings is 1. The van der Waals surface area contributed by atoms with Crippen LogP contribution in [0.3, 0.4) is 0 Å². The normalized spacial score (nSPS) is 12.7. The second-order valence-corrected chi connectivity index (χ2v) is 5.55. The number of oxime groups is 1. The summed E-state index contributed by atoms with van der Waals surface area (Å²) in [4.78, 5) is 6.26. The summed E-state index contributed by atoms with van der Waals surface area (Å²) in [7, 11) is 1.87. The van der Waals surface area contributed by atoms with Crippen molar-refractivity contribution in [3.8, 4) is 0 Å². The molecule has 0 fully saturated rings. The molecule has 0 amide bonds. The second-order valence-electron chi connectivity index (χ2n) is 5.55. The van der Waals surface area contributed by atoms with Gasteiger partial charge in [-0.1, -0.05) is 23.4 Å². The fourth-order valence-electron chi connectivity index (χ4n) is 2.14. The Labute approximate surface area is 123 Å². The number of aromatic nitrogens is 1. The molecular weight excluding hydrogens is 268 g/mol. The van der Waals surface area contributed by atoms with E-state index in [2.05, 4.69) is 10.1 Å². The lowest BCUT2D eigenvalue weighted by Gasteiger charge is -2.37. The number of aliphatic hydroxyl groups is 1. The number of aliphatic hydroxyl groups excluding tert-OH is 1. The van der Waals surface area contributed by atoms with E-state index >= 15 is 0 Å². The number of amidine groups is 1. The van der Waals surface area contributed by atoms with Crippen LogP contribution in [0.2, 0.25) is 0 Å². The molecule has 0 saturated heterocycles. The van der Waals surface area contributed by atoms with Gasteiger partial charge in [0.1, 0.15) is 0 Å².